The van der Waals surface area contributed by atoms with E-state index in [-0.39, 0.29) is 13.6 Å². The normalized spacial score (nSPS) is 12.4. The largest absolute Gasteiger partial charge is 0.493 e. The average molecular weight is 571 g/mol. The molecule has 0 radical (unpaired) electrons. The summed E-state index contributed by atoms with van der Waals surface area (Å²) in [6, 6.07) is 12.4. The zero-order valence-corrected chi connectivity index (χ0v) is 27.7. The van der Waals surface area contributed by atoms with Gasteiger partial charge in [-0.2, -0.15) is 0 Å². The zero-order chi connectivity index (χ0) is 28.9. The quantitative estimate of drug-likeness (QED) is 0.0626. The fraction of sp³-hybridized carbons (Fsp3) is 0.500. The smallest absolute Gasteiger partial charge is 0.189 e. The second-order valence-corrected chi connectivity index (χ2v) is 23.5. The van der Waals surface area contributed by atoms with Crippen molar-refractivity contribution in [2.75, 3.05) is 33.9 Å². The molecule has 0 amide bonds. The number of aryl methyl sites for hydroxylation is 1. The lowest BCUT2D eigenvalue weighted by Gasteiger charge is -2.16. The first-order valence-corrected chi connectivity index (χ1v) is 21.3. The molecule has 0 aliphatic rings. The molecule has 0 bridgehead atoms. The molecule has 216 valence electrons. The van der Waals surface area contributed by atoms with E-state index < -0.39 is 16.1 Å². The van der Waals surface area contributed by atoms with Crippen LogP contribution in [0.4, 0.5) is 0 Å². The summed E-state index contributed by atoms with van der Waals surface area (Å²) < 4.78 is 28.9. The van der Waals surface area contributed by atoms with Gasteiger partial charge in [-0.25, -0.2) is 0 Å². The summed E-state index contributed by atoms with van der Waals surface area (Å²) in [7, 11) is -0.568. The minimum Gasteiger partial charge on any atom is -0.493 e. The maximum atomic E-state index is 5.97. The van der Waals surface area contributed by atoms with Crippen LogP contribution in [-0.2, 0) is 15.9 Å². The summed E-state index contributed by atoms with van der Waals surface area (Å²) in [6.07, 6.45) is 9.37. The van der Waals surface area contributed by atoms with Gasteiger partial charge in [0.2, 0.25) is 0 Å². The molecule has 5 nitrogen and oxygen atoms in total. The third kappa shape index (κ3) is 13.1. The molecule has 7 heteroatoms. The lowest BCUT2D eigenvalue weighted by molar-refractivity contribution is 0.0205. The molecule has 0 heterocycles. The molecule has 0 saturated carbocycles. The van der Waals surface area contributed by atoms with Gasteiger partial charge in [0.1, 0.15) is 5.75 Å². The Balaban J connectivity index is 2.12. The summed E-state index contributed by atoms with van der Waals surface area (Å²) in [5.74, 6) is 2.18. The predicted octanol–water partition coefficient (Wildman–Crippen LogP) is 8.67. The lowest BCUT2D eigenvalue weighted by atomic mass is 9.97. The highest BCUT2D eigenvalue weighted by Gasteiger charge is 2.13. The molecule has 2 aromatic rings. The van der Waals surface area contributed by atoms with Crippen molar-refractivity contribution in [1.29, 1.82) is 0 Å². The Kier molecular flexibility index (Phi) is 13.5. The Morgan fingerprint density at radius 2 is 1.41 bits per heavy atom. The minimum absolute atomic E-state index is 0.220. The number of ether oxygens (including phenoxy) is 5. The minimum atomic E-state index is -1.11. The summed E-state index contributed by atoms with van der Waals surface area (Å²) in [5, 5.41) is 0. The molecule has 2 rings (SSSR count). The van der Waals surface area contributed by atoms with Gasteiger partial charge < -0.3 is 23.7 Å². The summed E-state index contributed by atoms with van der Waals surface area (Å²) in [5.41, 5.74) is 4.62. The first-order valence-electron chi connectivity index (χ1n) is 13.9. The van der Waals surface area contributed by atoms with E-state index >= 15 is 0 Å². The monoisotopic (exact) mass is 570 g/mol. The van der Waals surface area contributed by atoms with Gasteiger partial charge in [-0.1, -0.05) is 69.7 Å². The zero-order valence-electron chi connectivity index (χ0n) is 25.7. The van der Waals surface area contributed by atoms with Crippen molar-refractivity contribution >= 4 is 28.3 Å². The second kappa shape index (κ2) is 16.1. The first kappa shape index (κ1) is 32.9. The SMILES string of the molecule is C/C=C/Cc1c(C)cc(OCOCC[Si](C)(C)C)cc1/C=C/c1ccc(OCOCC[Si](C)(C)C)c(OC)c1. The molecular formula is C32H50O5Si2. The molecular weight excluding hydrogens is 521 g/mol. The Hall–Kier alpha value is -2.33. The van der Waals surface area contributed by atoms with Crippen molar-refractivity contribution in [3.63, 3.8) is 0 Å². The van der Waals surface area contributed by atoms with Crippen molar-refractivity contribution in [3.05, 3.63) is 64.7 Å². The Morgan fingerprint density at radius 1 is 0.769 bits per heavy atom. The second-order valence-electron chi connectivity index (χ2n) is 12.3. The third-order valence-electron chi connectivity index (χ3n) is 6.28. The Bertz CT molecular complexity index is 1080. The van der Waals surface area contributed by atoms with E-state index in [4.69, 9.17) is 23.7 Å². The van der Waals surface area contributed by atoms with Gasteiger partial charge in [0.15, 0.2) is 25.1 Å². The highest BCUT2D eigenvalue weighted by molar-refractivity contribution is 6.76. The standard InChI is InChI=1S/C32H50O5Si2/c1-10-11-12-30-26(2)21-29(36-24-34-17-19-38(4,5)6)23-28(30)15-13-27-14-16-31(32(22-27)33-3)37-25-35-18-20-39(7,8)9/h10-11,13-16,21-23H,12,17-20,24-25H2,1-9H3/b11-10+,15-13+. The summed E-state index contributed by atoms with van der Waals surface area (Å²) in [6.45, 7) is 20.2. The number of rotatable bonds is 17. The van der Waals surface area contributed by atoms with Crippen LogP contribution < -0.4 is 14.2 Å². The number of benzene rings is 2. The van der Waals surface area contributed by atoms with E-state index in [1.165, 1.54) is 11.1 Å². The molecule has 0 saturated heterocycles. The molecule has 0 atom stereocenters. The molecule has 0 unspecified atom stereocenters. The van der Waals surface area contributed by atoms with Crippen LogP contribution in [0.5, 0.6) is 17.2 Å². The number of hydrogen-bond donors (Lipinski definition) is 0. The highest BCUT2D eigenvalue weighted by atomic mass is 28.3. The third-order valence-corrected chi connectivity index (χ3v) is 9.69. The van der Waals surface area contributed by atoms with E-state index in [0.717, 1.165) is 48.6 Å². The van der Waals surface area contributed by atoms with Crippen LogP contribution in [0.25, 0.3) is 12.2 Å². The van der Waals surface area contributed by atoms with Gasteiger partial charge in [0.25, 0.3) is 0 Å². The molecule has 2 aromatic carbocycles. The van der Waals surface area contributed by atoms with Crippen LogP contribution >= 0.6 is 0 Å². The fourth-order valence-corrected chi connectivity index (χ4v) is 5.25. The molecule has 0 aromatic heterocycles. The van der Waals surface area contributed by atoms with Crippen LogP contribution in [-0.4, -0.2) is 50.1 Å². The lowest BCUT2D eigenvalue weighted by Crippen LogP contribution is -2.22. The van der Waals surface area contributed by atoms with Crippen LogP contribution in [0.2, 0.25) is 51.4 Å². The van der Waals surface area contributed by atoms with E-state index in [1.807, 2.05) is 25.1 Å². The van der Waals surface area contributed by atoms with Crippen LogP contribution in [0.3, 0.4) is 0 Å². The van der Waals surface area contributed by atoms with Gasteiger partial charge in [-0.3, -0.25) is 0 Å². The highest BCUT2D eigenvalue weighted by Crippen LogP contribution is 2.30. The van der Waals surface area contributed by atoms with Crippen molar-refractivity contribution < 1.29 is 23.7 Å². The Labute approximate surface area is 239 Å². The summed E-state index contributed by atoms with van der Waals surface area (Å²) in [4.78, 5) is 0. The number of hydrogen-bond acceptors (Lipinski definition) is 5. The van der Waals surface area contributed by atoms with Gasteiger partial charge >= 0.3 is 0 Å². The number of allylic oxidation sites excluding steroid dienone is 2. The van der Waals surface area contributed by atoms with Crippen molar-refractivity contribution in [2.24, 2.45) is 0 Å². The summed E-state index contributed by atoms with van der Waals surface area (Å²) >= 11 is 0. The van der Waals surface area contributed by atoms with Crippen molar-refractivity contribution in [3.8, 4) is 17.2 Å². The Morgan fingerprint density at radius 3 is 2.00 bits per heavy atom. The van der Waals surface area contributed by atoms with Crippen molar-refractivity contribution in [1.82, 2.24) is 0 Å². The van der Waals surface area contributed by atoms with Gasteiger partial charge in [0.05, 0.1) is 7.11 Å². The van der Waals surface area contributed by atoms with E-state index in [1.54, 1.807) is 7.11 Å². The van der Waals surface area contributed by atoms with Crippen LogP contribution in [0.1, 0.15) is 29.2 Å². The topological polar surface area (TPSA) is 46.2 Å². The molecule has 0 aliphatic carbocycles. The number of methoxy groups -OCH3 is 1. The first-order chi connectivity index (χ1) is 18.4. The fourth-order valence-electron chi connectivity index (χ4n) is 3.74. The van der Waals surface area contributed by atoms with E-state index in [2.05, 4.69) is 82.6 Å². The van der Waals surface area contributed by atoms with Gasteiger partial charge in [-0.15, -0.1) is 0 Å². The molecule has 0 aliphatic heterocycles. The van der Waals surface area contributed by atoms with Crippen LogP contribution in [0.15, 0.2) is 42.5 Å². The predicted molar refractivity (Wildman–Crippen MR) is 171 cm³/mol. The van der Waals surface area contributed by atoms with Crippen LogP contribution in [0, 0.1) is 6.92 Å². The maximum Gasteiger partial charge on any atom is 0.189 e. The molecule has 0 N–H and O–H groups in total. The van der Waals surface area contributed by atoms with Gasteiger partial charge in [-0.05, 0) is 78.9 Å². The molecule has 0 fully saturated rings. The van der Waals surface area contributed by atoms with E-state index in [9.17, 15) is 0 Å². The average Bonchev–Trinajstić information content (AvgIpc) is 2.85. The van der Waals surface area contributed by atoms with Gasteiger partial charge in [0, 0.05) is 29.4 Å². The molecule has 39 heavy (non-hydrogen) atoms. The van der Waals surface area contributed by atoms with E-state index in [0.29, 0.717) is 11.5 Å². The maximum absolute atomic E-state index is 5.97. The van der Waals surface area contributed by atoms with Crippen molar-refractivity contribution in [2.45, 2.75) is 71.6 Å². The molecule has 0 spiro atoms.